The Morgan fingerprint density at radius 2 is 0.867 bits per heavy atom. The Balaban J connectivity index is 2.81. The van der Waals surface area contributed by atoms with E-state index in [0.717, 1.165) is 0 Å². The summed E-state index contributed by atoms with van der Waals surface area (Å²) in [6.07, 6.45) is 17.3. The van der Waals surface area contributed by atoms with Crippen LogP contribution in [0.5, 0.6) is 0 Å². The summed E-state index contributed by atoms with van der Waals surface area (Å²) in [5.74, 6) is 0. The highest BCUT2D eigenvalue weighted by Gasteiger charge is 1.92. The summed E-state index contributed by atoms with van der Waals surface area (Å²) in [7, 11) is 3.52. The van der Waals surface area contributed by atoms with Crippen molar-refractivity contribution in [2.75, 3.05) is 0 Å². The Labute approximate surface area is 101 Å². The van der Waals surface area contributed by atoms with E-state index in [4.69, 9.17) is 0 Å². The van der Waals surface area contributed by atoms with Gasteiger partial charge < -0.3 is 0 Å². The average molecular weight is 225 g/mol. The van der Waals surface area contributed by atoms with Crippen LogP contribution < -0.4 is 0 Å². The van der Waals surface area contributed by atoms with E-state index < -0.39 is 0 Å². The van der Waals surface area contributed by atoms with E-state index in [2.05, 4.69) is 17.2 Å². The lowest BCUT2D eigenvalue weighted by atomic mass is 10.1. The molecule has 0 aromatic carbocycles. The SMILES string of the molecule is CCCCCCCCCCCCCC[Si]. The van der Waals surface area contributed by atoms with E-state index in [9.17, 15) is 0 Å². The topological polar surface area (TPSA) is 0 Å². The molecule has 0 N–H and O–H groups in total. The lowest BCUT2D eigenvalue weighted by Gasteiger charge is -2.01. The Morgan fingerprint density at radius 3 is 1.20 bits per heavy atom. The van der Waals surface area contributed by atoms with Gasteiger partial charge in [0.05, 0.1) is 0 Å². The third kappa shape index (κ3) is 14.2. The lowest BCUT2D eigenvalue weighted by Crippen LogP contribution is -1.82. The molecule has 0 atom stereocenters. The molecule has 0 fully saturated rings. The molecule has 0 aromatic rings. The Hall–Kier alpha value is 0.217. The zero-order valence-corrected chi connectivity index (χ0v) is 11.7. The first-order valence-corrected chi connectivity index (χ1v) is 7.77. The van der Waals surface area contributed by atoms with Gasteiger partial charge in [0.15, 0.2) is 0 Å². The highest BCUT2D eigenvalue weighted by molar-refractivity contribution is 6.08. The van der Waals surface area contributed by atoms with Crippen LogP contribution in [0.3, 0.4) is 0 Å². The standard InChI is InChI=1S/C14H29Si/c1-2-3-4-5-6-7-8-9-10-11-12-13-14-15/h2-14H2,1H3. The van der Waals surface area contributed by atoms with Crippen molar-refractivity contribution in [1.82, 2.24) is 0 Å². The molecule has 1 heteroatoms. The van der Waals surface area contributed by atoms with Crippen molar-refractivity contribution in [2.24, 2.45) is 0 Å². The molecule has 0 spiro atoms. The highest BCUT2D eigenvalue weighted by Crippen LogP contribution is 2.11. The second-order valence-corrected chi connectivity index (χ2v) is 5.14. The Bertz CT molecular complexity index is 89.5. The van der Waals surface area contributed by atoms with E-state index >= 15 is 0 Å². The summed E-state index contributed by atoms with van der Waals surface area (Å²) in [6.45, 7) is 2.28. The second kappa shape index (κ2) is 14.2. The van der Waals surface area contributed by atoms with Gasteiger partial charge in [-0.05, 0) is 0 Å². The van der Waals surface area contributed by atoms with Gasteiger partial charge in [-0.15, -0.1) is 0 Å². The van der Waals surface area contributed by atoms with Gasteiger partial charge in [0.1, 0.15) is 0 Å². The highest BCUT2D eigenvalue weighted by atomic mass is 28.1. The predicted octanol–water partition coefficient (Wildman–Crippen LogP) is 5.27. The zero-order chi connectivity index (χ0) is 11.2. The molecule has 0 aliphatic heterocycles. The molecule has 0 aromatic heterocycles. The third-order valence-corrected chi connectivity index (χ3v) is 3.38. The molecule has 0 nitrogen and oxygen atoms in total. The molecule has 3 radical (unpaired) electrons. The van der Waals surface area contributed by atoms with E-state index in [1.165, 1.54) is 83.1 Å². The molecule has 15 heavy (non-hydrogen) atoms. The predicted molar refractivity (Wildman–Crippen MR) is 71.6 cm³/mol. The summed E-state index contributed by atoms with van der Waals surface area (Å²) >= 11 is 0. The fraction of sp³-hybridized carbons (Fsp3) is 1.00. The lowest BCUT2D eigenvalue weighted by molar-refractivity contribution is 0.548. The van der Waals surface area contributed by atoms with Crippen molar-refractivity contribution in [3.8, 4) is 0 Å². The maximum atomic E-state index is 3.52. The normalized spacial score (nSPS) is 10.8. The molecule has 0 saturated carbocycles. The summed E-state index contributed by atoms with van der Waals surface area (Å²) in [6, 6.07) is 1.18. The molecule has 0 bridgehead atoms. The molecular formula is C14H29Si. The molecule has 0 aliphatic rings. The van der Waals surface area contributed by atoms with Crippen LogP contribution in [0.15, 0.2) is 0 Å². The van der Waals surface area contributed by atoms with E-state index in [-0.39, 0.29) is 0 Å². The van der Waals surface area contributed by atoms with Gasteiger partial charge in [-0.2, -0.15) is 0 Å². The van der Waals surface area contributed by atoms with Crippen LogP contribution in [0.25, 0.3) is 0 Å². The van der Waals surface area contributed by atoms with Crippen molar-refractivity contribution in [2.45, 2.75) is 90.0 Å². The fourth-order valence-electron chi connectivity index (χ4n) is 1.97. The van der Waals surface area contributed by atoms with Gasteiger partial charge in [-0.1, -0.05) is 90.0 Å². The van der Waals surface area contributed by atoms with Gasteiger partial charge in [-0.3, -0.25) is 0 Å². The minimum absolute atomic E-state index is 1.18. The van der Waals surface area contributed by atoms with Crippen molar-refractivity contribution >= 4 is 10.2 Å². The molecular weight excluding hydrogens is 196 g/mol. The molecule has 89 valence electrons. The Morgan fingerprint density at radius 1 is 0.533 bits per heavy atom. The van der Waals surface area contributed by atoms with Gasteiger partial charge in [0.25, 0.3) is 0 Å². The number of hydrogen-bond acceptors (Lipinski definition) is 0. The molecule has 0 rings (SSSR count). The van der Waals surface area contributed by atoms with Gasteiger partial charge >= 0.3 is 0 Å². The van der Waals surface area contributed by atoms with Crippen molar-refractivity contribution < 1.29 is 0 Å². The average Bonchev–Trinajstić information content (AvgIpc) is 2.26. The second-order valence-electron chi connectivity index (χ2n) is 4.64. The number of unbranched alkanes of at least 4 members (excludes halogenated alkanes) is 11. The summed E-state index contributed by atoms with van der Waals surface area (Å²) in [4.78, 5) is 0. The van der Waals surface area contributed by atoms with Crippen molar-refractivity contribution in [1.29, 1.82) is 0 Å². The van der Waals surface area contributed by atoms with Gasteiger partial charge in [0.2, 0.25) is 0 Å². The van der Waals surface area contributed by atoms with Crippen LogP contribution in [0.4, 0.5) is 0 Å². The summed E-state index contributed by atoms with van der Waals surface area (Å²) in [5, 5.41) is 0. The quantitative estimate of drug-likeness (QED) is 0.313. The molecule has 0 saturated heterocycles. The monoisotopic (exact) mass is 225 g/mol. The summed E-state index contributed by atoms with van der Waals surface area (Å²) < 4.78 is 0. The van der Waals surface area contributed by atoms with Crippen LogP contribution in [-0.2, 0) is 0 Å². The summed E-state index contributed by atoms with van der Waals surface area (Å²) in [5.41, 5.74) is 0. The van der Waals surface area contributed by atoms with Crippen LogP contribution >= 0.6 is 0 Å². The van der Waals surface area contributed by atoms with Crippen LogP contribution in [0.1, 0.15) is 84.0 Å². The Kier molecular flexibility index (Phi) is 14.4. The molecule has 0 amide bonds. The van der Waals surface area contributed by atoms with Crippen molar-refractivity contribution in [3.63, 3.8) is 0 Å². The zero-order valence-electron chi connectivity index (χ0n) is 10.7. The smallest absolute Gasteiger partial charge is 0.0222 e. The van der Waals surface area contributed by atoms with E-state index in [0.29, 0.717) is 0 Å². The molecule has 0 heterocycles. The third-order valence-electron chi connectivity index (χ3n) is 3.03. The van der Waals surface area contributed by atoms with Crippen LogP contribution in [0.2, 0.25) is 6.04 Å². The number of rotatable bonds is 12. The number of hydrogen-bond donors (Lipinski definition) is 0. The minimum Gasteiger partial charge on any atom is -0.0654 e. The minimum atomic E-state index is 1.18. The first kappa shape index (κ1) is 15.2. The fourth-order valence-corrected chi connectivity index (χ4v) is 2.22. The first-order chi connectivity index (χ1) is 7.41. The first-order valence-electron chi connectivity index (χ1n) is 7.06. The van der Waals surface area contributed by atoms with Crippen LogP contribution in [-0.4, -0.2) is 10.2 Å². The van der Waals surface area contributed by atoms with Gasteiger partial charge in [-0.25, -0.2) is 0 Å². The maximum absolute atomic E-state index is 3.52. The van der Waals surface area contributed by atoms with Crippen molar-refractivity contribution in [3.05, 3.63) is 0 Å². The van der Waals surface area contributed by atoms with Gasteiger partial charge in [0, 0.05) is 10.2 Å². The molecule has 0 aliphatic carbocycles. The largest absolute Gasteiger partial charge is 0.0654 e. The van der Waals surface area contributed by atoms with E-state index in [1.807, 2.05) is 0 Å². The maximum Gasteiger partial charge on any atom is 0.0222 e. The van der Waals surface area contributed by atoms with E-state index in [1.54, 1.807) is 0 Å². The molecule has 0 unspecified atom stereocenters. The van der Waals surface area contributed by atoms with Crippen LogP contribution in [0, 0.1) is 0 Å².